The summed E-state index contributed by atoms with van der Waals surface area (Å²) in [5.41, 5.74) is 0.899. The smallest absolute Gasteiger partial charge is 0.265 e. The summed E-state index contributed by atoms with van der Waals surface area (Å²) in [6.07, 6.45) is 3.15. The molecule has 0 aromatic carbocycles. The number of halogens is 2. The summed E-state index contributed by atoms with van der Waals surface area (Å²) in [5.74, 6) is 0.772. The Morgan fingerprint density at radius 3 is 2.81 bits per heavy atom. The second-order valence-corrected chi connectivity index (χ2v) is 6.32. The van der Waals surface area contributed by atoms with Gasteiger partial charge in [0.25, 0.3) is 5.91 Å². The zero-order chi connectivity index (χ0) is 13.8. The van der Waals surface area contributed by atoms with Crippen molar-refractivity contribution < 1.29 is 4.79 Å². The fraction of sp³-hybridized carbons (Fsp3) is 0.714. The number of rotatable bonds is 5. The molecule has 1 saturated heterocycles. The minimum Gasteiger partial charge on any atom is -0.338 e. The Hall–Kier alpha value is -0.360. The summed E-state index contributed by atoms with van der Waals surface area (Å²) < 4.78 is 0. The van der Waals surface area contributed by atoms with Crippen molar-refractivity contribution in [3.63, 3.8) is 0 Å². The van der Waals surface area contributed by atoms with Crippen LogP contribution in [0, 0.1) is 12.8 Å². The molecule has 0 radical (unpaired) electrons. The van der Waals surface area contributed by atoms with Crippen LogP contribution in [0.25, 0.3) is 0 Å². The number of amides is 1. The number of nitrogens with one attached hydrogen (secondary N) is 1. The average molecular weight is 354 g/mol. The highest BCUT2D eigenvalue weighted by Crippen LogP contribution is 2.24. The van der Waals surface area contributed by atoms with E-state index >= 15 is 0 Å². The Balaban J connectivity index is 0.00000200. The third-order valence-electron chi connectivity index (χ3n) is 3.56. The maximum Gasteiger partial charge on any atom is 0.265 e. The van der Waals surface area contributed by atoms with Gasteiger partial charge in [-0.25, -0.2) is 4.98 Å². The molecule has 1 aliphatic heterocycles. The van der Waals surface area contributed by atoms with Gasteiger partial charge in [0.15, 0.2) is 0 Å². The van der Waals surface area contributed by atoms with Crippen molar-refractivity contribution in [3.05, 3.63) is 15.6 Å². The number of carbonyl (C=O) groups excluding carboxylic acids is 1. The van der Waals surface area contributed by atoms with Crippen LogP contribution in [0.1, 0.15) is 40.1 Å². The van der Waals surface area contributed by atoms with E-state index in [1.54, 1.807) is 11.3 Å². The average Bonchev–Trinajstić information content (AvgIpc) is 2.97. The second kappa shape index (κ2) is 9.62. The molecular weight excluding hydrogens is 329 g/mol. The molecular formula is C14H25Cl2N3OS. The van der Waals surface area contributed by atoms with Crippen LogP contribution in [0.5, 0.6) is 0 Å². The molecule has 1 unspecified atom stereocenters. The van der Waals surface area contributed by atoms with E-state index < -0.39 is 0 Å². The van der Waals surface area contributed by atoms with E-state index in [-0.39, 0.29) is 30.7 Å². The lowest BCUT2D eigenvalue weighted by molar-refractivity contribution is 0.0791. The van der Waals surface area contributed by atoms with Gasteiger partial charge in [-0.3, -0.25) is 4.79 Å². The highest BCUT2D eigenvalue weighted by Gasteiger charge is 2.28. The molecule has 21 heavy (non-hydrogen) atoms. The van der Waals surface area contributed by atoms with Gasteiger partial charge in [-0.05, 0) is 45.7 Å². The van der Waals surface area contributed by atoms with E-state index in [1.807, 2.05) is 18.9 Å². The SMILES string of the molecule is CCCc1nc(C)c(C(=O)N2CCC(CNC)C2)s1.Cl.Cl. The molecule has 0 saturated carbocycles. The Bertz CT molecular complexity index is 453. The van der Waals surface area contributed by atoms with Gasteiger partial charge in [0.05, 0.1) is 10.7 Å². The Kier molecular flexibility index (Phi) is 9.45. The summed E-state index contributed by atoms with van der Waals surface area (Å²) in [7, 11) is 1.97. The molecule has 2 rings (SSSR count). The Morgan fingerprint density at radius 1 is 1.48 bits per heavy atom. The second-order valence-electron chi connectivity index (χ2n) is 5.24. The van der Waals surface area contributed by atoms with Crippen LogP contribution in [0.3, 0.4) is 0 Å². The molecule has 1 fully saturated rings. The fourth-order valence-electron chi connectivity index (χ4n) is 2.59. The molecule has 1 aliphatic rings. The Labute approximate surface area is 143 Å². The minimum absolute atomic E-state index is 0. The van der Waals surface area contributed by atoms with Crippen LogP contribution in [0.4, 0.5) is 0 Å². The van der Waals surface area contributed by atoms with Gasteiger partial charge in [0, 0.05) is 13.1 Å². The van der Waals surface area contributed by atoms with Crippen molar-refractivity contribution in [1.82, 2.24) is 15.2 Å². The van der Waals surface area contributed by atoms with Crippen LogP contribution in [0.15, 0.2) is 0 Å². The molecule has 0 spiro atoms. The number of hydrogen-bond donors (Lipinski definition) is 1. The quantitative estimate of drug-likeness (QED) is 0.884. The van der Waals surface area contributed by atoms with Gasteiger partial charge in [-0.15, -0.1) is 36.2 Å². The predicted octanol–water partition coefficient (Wildman–Crippen LogP) is 2.93. The normalized spacial score (nSPS) is 17.3. The van der Waals surface area contributed by atoms with Crippen molar-refractivity contribution in [1.29, 1.82) is 0 Å². The number of carbonyl (C=O) groups is 1. The molecule has 1 aromatic heterocycles. The fourth-order valence-corrected chi connectivity index (χ4v) is 3.72. The van der Waals surface area contributed by atoms with Crippen LogP contribution in [-0.4, -0.2) is 42.5 Å². The molecule has 1 aromatic rings. The van der Waals surface area contributed by atoms with Gasteiger partial charge < -0.3 is 10.2 Å². The van der Waals surface area contributed by atoms with E-state index in [9.17, 15) is 4.79 Å². The van der Waals surface area contributed by atoms with Crippen molar-refractivity contribution >= 4 is 42.1 Å². The molecule has 122 valence electrons. The van der Waals surface area contributed by atoms with Crippen molar-refractivity contribution in [2.45, 2.75) is 33.1 Å². The molecule has 1 atom stereocenters. The van der Waals surface area contributed by atoms with Gasteiger partial charge >= 0.3 is 0 Å². The summed E-state index contributed by atoms with van der Waals surface area (Å²) in [5, 5.41) is 4.29. The molecule has 7 heteroatoms. The van der Waals surface area contributed by atoms with Gasteiger partial charge in [0.1, 0.15) is 4.88 Å². The largest absolute Gasteiger partial charge is 0.338 e. The number of aromatic nitrogens is 1. The maximum absolute atomic E-state index is 12.5. The number of aryl methyl sites for hydroxylation is 2. The summed E-state index contributed by atoms with van der Waals surface area (Å²) in [4.78, 5) is 19.8. The van der Waals surface area contributed by atoms with E-state index in [1.165, 1.54) is 0 Å². The topological polar surface area (TPSA) is 45.2 Å². The van der Waals surface area contributed by atoms with Gasteiger partial charge in [-0.2, -0.15) is 0 Å². The summed E-state index contributed by atoms with van der Waals surface area (Å²) >= 11 is 1.58. The molecule has 0 aliphatic carbocycles. The number of hydrogen-bond acceptors (Lipinski definition) is 4. The zero-order valence-corrected chi connectivity index (χ0v) is 15.3. The number of likely N-dealkylation sites (tertiary alicyclic amines) is 1. The summed E-state index contributed by atoms with van der Waals surface area (Å²) in [6, 6.07) is 0. The van der Waals surface area contributed by atoms with Gasteiger partial charge in [0.2, 0.25) is 0 Å². The van der Waals surface area contributed by atoms with E-state index in [0.717, 1.165) is 54.5 Å². The predicted molar refractivity (Wildman–Crippen MR) is 93.3 cm³/mol. The lowest BCUT2D eigenvalue weighted by Gasteiger charge is -2.15. The first kappa shape index (κ1) is 20.6. The minimum atomic E-state index is 0. The van der Waals surface area contributed by atoms with E-state index in [0.29, 0.717) is 5.92 Å². The highest BCUT2D eigenvalue weighted by atomic mass is 35.5. The number of thiazole rings is 1. The number of nitrogens with zero attached hydrogens (tertiary/aromatic N) is 2. The van der Waals surface area contributed by atoms with Crippen molar-refractivity contribution in [2.24, 2.45) is 5.92 Å². The molecule has 4 nitrogen and oxygen atoms in total. The van der Waals surface area contributed by atoms with Crippen LogP contribution < -0.4 is 5.32 Å². The van der Waals surface area contributed by atoms with Crippen molar-refractivity contribution in [3.8, 4) is 0 Å². The molecule has 1 N–H and O–H groups in total. The standard InChI is InChI=1S/C14H23N3OS.2ClH/c1-4-5-12-16-10(2)13(19-12)14(18)17-7-6-11(9-17)8-15-3;;/h11,15H,4-9H2,1-3H3;2*1H. The monoisotopic (exact) mass is 353 g/mol. The first-order chi connectivity index (χ1) is 9.15. The van der Waals surface area contributed by atoms with E-state index in [2.05, 4.69) is 17.2 Å². The first-order valence-electron chi connectivity index (χ1n) is 7.05. The molecule has 0 bridgehead atoms. The Morgan fingerprint density at radius 2 is 2.19 bits per heavy atom. The van der Waals surface area contributed by atoms with Gasteiger partial charge in [-0.1, -0.05) is 6.92 Å². The maximum atomic E-state index is 12.5. The van der Waals surface area contributed by atoms with Crippen LogP contribution in [-0.2, 0) is 6.42 Å². The zero-order valence-electron chi connectivity index (χ0n) is 12.8. The van der Waals surface area contributed by atoms with Crippen LogP contribution in [0.2, 0.25) is 0 Å². The van der Waals surface area contributed by atoms with Crippen LogP contribution >= 0.6 is 36.2 Å². The summed E-state index contributed by atoms with van der Waals surface area (Å²) in [6.45, 7) is 6.84. The third kappa shape index (κ3) is 5.09. The lowest BCUT2D eigenvalue weighted by atomic mass is 10.1. The lowest BCUT2D eigenvalue weighted by Crippen LogP contribution is -2.30. The first-order valence-corrected chi connectivity index (χ1v) is 7.87. The molecule has 1 amide bonds. The molecule has 2 heterocycles. The highest BCUT2D eigenvalue weighted by molar-refractivity contribution is 7.13. The third-order valence-corrected chi connectivity index (χ3v) is 4.77. The van der Waals surface area contributed by atoms with Crippen molar-refractivity contribution in [2.75, 3.05) is 26.7 Å². The van der Waals surface area contributed by atoms with E-state index in [4.69, 9.17) is 0 Å².